The number of carbonyl (C=O) groups excluding carboxylic acids is 4. The lowest BCUT2D eigenvalue weighted by Crippen LogP contribution is -2.40. The molecule has 7 nitrogen and oxygen atoms in total. The molecule has 2 aromatic carbocycles. The highest BCUT2D eigenvalue weighted by molar-refractivity contribution is 6.21. The first-order chi connectivity index (χ1) is 12.9. The smallest absolute Gasteiger partial charge is 0.329 e. The molecular weight excluding hydrogens is 355 g/mol. The third-order valence-electron chi connectivity index (χ3n) is 4.61. The Labute approximate surface area is 152 Å². The standard InChI is InChI=1S/C19H13FN2O5/c20-11-5-7-12(8-6-11)21-17(25)19(9-10-19)18(26)27-22-15(23)13-3-1-2-4-14(13)16(22)24/h1-8H,9-10H2,(H,21,25). The third-order valence-corrected chi connectivity index (χ3v) is 4.61. The molecule has 0 saturated heterocycles. The molecule has 0 aromatic heterocycles. The number of hydrogen-bond acceptors (Lipinski definition) is 5. The molecule has 8 heteroatoms. The number of hydroxylamine groups is 2. The maximum absolute atomic E-state index is 13.0. The Kier molecular flexibility index (Phi) is 3.76. The van der Waals surface area contributed by atoms with Gasteiger partial charge in [-0.2, -0.15) is 0 Å². The van der Waals surface area contributed by atoms with Crippen LogP contribution in [-0.4, -0.2) is 28.8 Å². The van der Waals surface area contributed by atoms with E-state index >= 15 is 0 Å². The molecule has 2 aromatic rings. The van der Waals surface area contributed by atoms with Crippen LogP contribution in [0, 0.1) is 11.2 Å². The molecule has 1 heterocycles. The number of amides is 3. The molecule has 0 atom stereocenters. The summed E-state index contributed by atoms with van der Waals surface area (Å²) >= 11 is 0. The van der Waals surface area contributed by atoms with Crippen LogP contribution in [-0.2, 0) is 14.4 Å². The van der Waals surface area contributed by atoms with Crippen molar-refractivity contribution in [3.63, 3.8) is 0 Å². The van der Waals surface area contributed by atoms with E-state index in [1.165, 1.54) is 36.4 Å². The zero-order chi connectivity index (χ0) is 19.2. The van der Waals surface area contributed by atoms with E-state index < -0.39 is 34.9 Å². The Balaban J connectivity index is 1.48. The van der Waals surface area contributed by atoms with E-state index in [0.717, 1.165) is 0 Å². The summed E-state index contributed by atoms with van der Waals surface area (Å²) in [6.07, 6.45) is 0.448. The number of rotatable bonds is 4. The lowest BCUT2D eigenvalue weighted by Gasteiger charge is -2.18. The fourth-order valence-electron chi connectivity index (χ4n) is 2.85. The van der Waals surface area contributed by atoms with Gasteiger partial charge in [-0.25, -0.2) is 9.18 Å². The van der Waals surface area contributed by atoms with Crippen LogP contribution in [0.1, 0.15) is 33.6 Å². The summed E-state index contributed by atoms with van der Waals surface area (Å²) in [5.74, 6) is -3.57. The molecule has 136 valence electrons. The molecule has 1 N–H and O–H groups in total. The second kappa shape index (κ2) is 6.01. The van der Waals surface area contributed by atoms with Gasteiger partial charge in [0.15, 0.2) is 0 Å². The van der Waals surface area contributed by atoms with Gasteiger partial charge in [-0.05, 0) is 49.2 Å². The van der Waals surface area contributed by atoms with Crippen LogP contribution in [0.25, 0.3) is 0 Å². The maximum Gasteiger partial charge on any atom is 0.348 e. The summed E-state index contributed by atoms with van der Waals surface area (Å²) < 4.78 is 13.0. The SMILES string of the molecule is O=C1c2ccccc2C(=O)N1OC(=O)C1(C(=O)Nc2ccc(F)cc2)CC1. The van der Waals surface area contributed by atoms with Crippen LogP contribution < -0.4 is 5.32 Å². The zero-order valence-electron chi connectivity index (χ0n) is 13.9. The Hall–Kier alpha value is -3.55. The first-order valence-electron chi connectivity index (χ1n) is 8.20. The predicted molar refractivity (Wildman–Crippen MR) is 89.7 cm³/mol. The van der Waals surface area contributed by atoms with Gasteiger partial charge >= 0.3 is 5.97 Å². The van der Waals surface area contributed by atoms with Crippen molar-refractivity contribution in [2.24, 2.45) is 5.41 Å². The molecule has 0 unspecified atom stereocenters. The second-order valence-electron chi connectivity index (χ2n) is 6.37. The normalized spacial score (nSPS) is 16.7. The lowest BCUT2D eigenvalue weighted by atomic mass is 10.1. The van der Waals surface area contributed by atoms with Gasteiger partial charge in [0.25, 0.3) is 11.8 Å². The number of nitrogens with zero attached hydrogens (tertiary/aromatic N) is 1. The van der Waals surface area contributed by atoms with E-state index in [4.69, 9.17) is 4.84 Å². The van der Waals surface area contributed by atoms with Gasteiger partial charge in [-0.15, -0.1) is 0 Å². The van der Waals surface area contributed by atoms with E-state index in [2.05, 4.69) is 5.32 Å². The lowest BCUT2D eigenvalue weighted by molar-refractivity contribution is -0.176. The number of nitrogens with one attached hydrogen (secondary N) is 1. The van der Waals surface area contributed by atoms with Crippen molar-refractivity contribution in [2.75, 3.05) is 5.32 Å². The van der Waals surface area contributed by atoms with Crippen molar-refractivity contribution in [1.82, 2.24) is 5.06 Å². The largest absolute Gasteiger partial charge is 0.348 e. The average Bonchev–Trinajstić information content (AvgIpc) is 3.45. The molecule has 2 aliphatic rings. The highest BCUT2D eigenvalue weighted by atomic mass is 19.1. The number of carbonyl (C=O) groups is 4. The number of anilines is 1. The second-order valence-corrected chi connectivity index (χ2v) is 6.37. The van der Waals surface area contributed by atoms with E-state index in [9.17, 15) is 23.6 Å². The summed E-state index contributed by atoms with van der Waals surface area (Å²) in [4.78, 5) is 54.6. The van der Waals surface area contributed by atoms with Crippen molar-refractivity contribution in [3.05, 3.63) is 65.5 Å². The van der Waals surface area contributed by atoms with Crippen molar-refractivity contribution in [2.45, 2.75) is 12.8 Å². The number of hydrogen-bond donors (Lipinski definition) is 1. The van der Waals surface area contributed by atoms with Gasteiger partial charge in [0.1, 0.15) is 11.2 Å². The number of imide groups is 1. The van der Waals surface area contributed by atoms with Crippen molar-refractivity contribution >= 4 is 29.4 Å². The van der Waals surface area contributed by atoms with E-state index in [-0.39, 0.29) is 24.0 Å². The summed E-state index contributed by atoms with van der Waals surface area (Å²) in [5, 5.41) is 2.91. The van der Waals surface area contributed by atoms with Crippen LogP contribution in [0.3, 0.4) is 0 Å². The van der Waals surface area contributed by atoms with E-state index in [0.29, 0.717) is 10.8 Å². The Morgan fingerprint density at radius 1 is 0.963 bits per heavy atom. The minimum Gasteiger partial charge on any atom is -0.329 e. The topological polar surface area (TPSA) is 92.8 Å². The summed E-state index contributed by atoms with van der Waals surface area (Å²) in [6.45, 7) is 0. The molecular formula is C19H13FN2O5. The van der Waals surface area contributed by atoms with Crippen LogP contribution in [0.15, 0.2) is 48.5 Å². The summed E-state index contributed by atoms with van der Waals surface area (Å²) in [7, 11) is 0. The number of benzene rings is 2. The highest BCUT2D eigenvalue weighted by Gasteiger charge is 2.59. The third kappa shape index (κ3) is 2.75. The molecule has 27 heavy (non-hydrogen) atoms. The van der Waals surface area contributed by atoms with E-state index in [1.807, 2.05) is 0 Å². The van der Waals surface area contributed by atoms with Gasteiger partial charge in [0.2, 0.25) is 5.91 Å². The van der Waals surface area contributed by atoms with Crippen molar-refractivity contribution in [3.8, 4) is 0 Å². The van der Waals surface area contributed by atoms with Crippen molar-refractivity contribution in [1.29, 1.82) is 0 Å². The summed E-state index contributed by atoms with van der Waals surface area (Å²) in [6, 6.07) is 11.2. The molecule has 0 radical (unpaired) electrons. The fourth-order valence-corrected chi connectivity index (χ4v) is 2.85. The van der Waals surface area contributed by atoms with Gasteiger partial charge in [0, 0.05) is 5.69 Å². The first-order valence-corrected chi connectivity index (χ1v) is 8.20. The molecule has 0 bridgehead atoms. The van der Waals surface area contributed by atoms with Crippen LogP contribution >= 0.6 is 0 Å². The first kappa shape index (κ1) is 16.9. The zero-order valence-corrected chi connectivity index (χ0v) is 13.9. The van der Waals surface area contributed by atoms with Gasteiger partial charge in [-0.1, -0.05) is 17.2 Å². The average molecular weight is 368 g/mol. The van der Waals surface area contributed by atoms with E-state index in [1.54, 1.807) is 12.1 Å². The quantitative estimate of drug-likeness (QED) is 0.660. The fraction of sp³-hybridized carbons (Fsp3) is 0.158. The monoisotopic (exact) mass is 368 g/mol. The Morgan fingerprint density at radius 2 is 1.52 bits per heavy atom. The Bertz CT molecular complexity index is 947. The molecule has 1 saturated carbocycles. The number of fused-ring (bicyclic) bond motifs is 1. The molecule has 4 rings (SSSR count). The maximum atomic E-state index is 13.0. The van der Waals surface area contributed by atoms with Crippen molar-refractivity contribution < 1.29 is 28.4 Å². The minimum absolute atomic E-state index is 0.135. The molecule has 3 amide bonds. The molecule has 1 fully saturated rings. The summed E-state index contributed by atoms with van der Waals surface area (Å²) in [5.41, 5.74) is -0.878. The van der Waals surface area contributed by atoms with Gasteiger partial charge in [-0.3, -0.25) is 14.4 Å². The molecule has 1 aliphatic heterocycles. The van der Waals surface area contributed by atoms with Gasteiger partial charge in [0.05, 0.1) is 11.1 Å². The molecule has 1 aliphatic carbocycles. The van der Waals surface area contributed by atoms with Crippen LogP contribution in [0.5, 0.6) is 0 Å². The predicted octanol–water partition coefficient (Wildman–Crippen LogP) is 2.30. The Morgan fingerprint density at radius 3 is 2.04 bits per heavy atom. The minimum atomic E-state index is -1.47. The van der Waals surface area contributed by atoms with Gasteiger partial charge < -0.3 is 10.2 Å². The van der Waals surface area contributed by atoms with Crippen LogP contribution in [0.2, 0.25) is 0 Å². The number of halogens is 1. The molecule has 0 spiro atoms. The highest BCUT2D eigenvalue weighted by Crippen LogP contribution is 2.48. The van der Waals surface area contributed by atoms with Crippen LogP contribution in [0.4, 0.5) is 10.1 Å².